The zero-order valence-electron chi connectivity index (χ0n) is 11.9. The van der Waals surface area contributed by atoms with Gasteiger partial charge >= 0.3 is 0 Å². The average Bonchev–Trinajstić information content (AvgIpc) is 2.87. The molecule has 21 heavy (non-hydrogen) atoms. The number of nitrogens with one attached hydrogen (secondary N) is 1. The van der Waals surface area contributed by atoms with Crippen LogP contribution in [0.5, 0.6) is 0 Å². The summed E-state index contributed by atoms with van der Waals surface area (Å²) in [7, 11) is 0. The van der Waals surface area contributed by atoms with Crippen LogP contribution in [0, 0.1) is 0 Å². The Morgan fingerprint density at radius 3 is 2.71 bits per heavy atom. The smallest absolute Gasteiger partial charge is 0.230 e. The van der Waals surface area contributed by atoms with Crippen LogP contribution in [0.25, 0.3) is 0 Å². The van der Waals surface area contributed by atoms with Gasteiger partial charge in [0.15, 0.2) is 5.82 Å². The van der Waals surface area contributed by atoms with E-state index in [1.54, 1.807) is 0 Å². The molecule has 4 nitrogen and oxygen atoms in total. The van der Waals surface area contributed by atoms with Gasteiger partial charge in [0.2, 0.25) is 5.91 Å². The Hall–Kier alpha value is -1.62. The molecule has 1 fully saturated rings. The molecule has 2 aromatic rings. The molecule has 1 aliphatic carbocycles. The predicted octanol–water partition coefficient (Wildman–Crippen LogP) is 4.06. The first-order valence-corrected chi connectivity index (χ1v) is 7.86. The first-order valence-electron chi connectivity index (χ1n) is 7.07. The van der Waals surface area contributed by atoms with Crippen LogP contribution in [0.4, 0.5) is 5.82 Å². The molecule has 0 atom stereocenters. The number of aromatic nitrogens is 1. The quantitative estimate of drug-likeness (QED) is 0.906. The minimum Gasteiger partial charge on any atom is -0.359 e. The molecule has 1 heterocycles. The second kappa shape index (κ2) is 5.64. The van der Waals surface area contributed by atoms with Gasteiger partial charge in [0.25, 0.3) is 0 Å². The van der Waals surface area contributed by atoms with Crippen molar-refractivity contribution in [2.24, 2.45) is 0 Å². The van der Waals surface area contributed by atoms with Crippen LogP contribution in [-0.4, -0.2) is 11.1 Å². The summed E-state index contributed by atoms with van der Waals surface area (Å²) >= 11 is 3.38. The molecule has 1 aliphatic rings. The Kier molecular flexibility index (Phi) is 3.85. The van der Waals surface area contributed by atoms with E-state index in [-0.39, 0.29) is 11.3 Å². The van der Waals surface area contributed by atoms with E-state index in [0.717, 1.165) is 28.6 Å². The Morgan fingerprint density at radius 1 is 1.38 bits per heavy atom. The average molecular weight is 349 g/mol. The number of carbonyl (C=O) groups excluding carboxylic acids is 1. The van der Waals surface area contributed by atoms with Crippen molar-refractivity contribution in [3.8, 4) is 0 Å². The van der Waals surface area contributed by atoms with Crippen LogP contribution in [0.15, 0.2) is 39.3 Å². The zero-order chi connectivity index (χ0) is 14.9. The van der Waals surface area contributed by atoms with Gasteiger partial charge in [-0.25, -0.2) is 0 Å². The maximum atomic E-state index is 12.0. The molecule has 0 radical (unpaired) electrons. The van der Waals surface area contributed by atoms with Crippen LogP contribution in [0.3, 0.4) is 0 Å². The van der Waals surface area contributed by atoms with Crippen molar-refractivity contribution in [2.75, 3.05) is 5.32 Å². The second-order valence-electron chi connectivity index (χ2n) is 5.84. The Bertz CT molecular complexity index is 645. The Balaban J connectivity index is 1.61. The highest BCUT2D eigenvalue weighted by Crippen LogP contribution is 2.43. The highest BCUT2D eigenvalue weighted by atomic mass is 79.9. The van der Waals surface area contributed by atoms with E-state index in [1.807, 2.05) is 30.3 Å². The van der Waals surface area contributed by atoms with Gasteiger partial charge in [0.1, 0.15) is 5.76 Å². The molecule has 0 aliphatic heterocycles. The van der Waals surface area contributed by atoms with Crippen molar-refractivity contribution in [1.82, 2.24) is 5.16 Å². The van der Waals surface area contributed by atoms with Crippen LogP contribution in [-0.2, 0) is 16.6 Å². The van der Waals surface area contributed by atoms with Crippen molar-refractivity contribution in [3.05, 3.63) is 46.1 Å². The van der Waals surface area contributed by atoms with Crippen molar-refractivity contribution < 1.29 is 9.32 Å². The van der Waals surface area contributed by atoms with E-state index in [2.05, 4.69) is 33.3 Å². The van der Waals surface area contributed by atoms with E-state index in [9.17, 15) is 4.79 Å². The van der Waals surface area contributed by atoms with Crippen LogP contribution in [0.2, 0.25) is 0 Å². The zero-order valence-corrected chi connectivity index (χ0v) is 13.4. The molecule has 3 rings (SSSR count). The maximum Gasteiger partial charge on any atom is 0.230 e. The van der Waals surface area contributed by atoms with Crippen LogP contribution >= 0.6 is 15.9 Å². The highest BCUT2D eigenvalue weighted by Gasteiger charge is 2.37. The number of hydrogen-bond donors (Lipinski definition) is 1. The van der Waals surface area contributed by atoms with Gasteiger partial charge in [0.05, 0.1) is 6.42 Å². The third-order valence-electron chi connectivity index (χ3n) is 4.11. The van der Waals surface area contributed by atoms with Gasteiger partial charge in [-0.2, -0.15) is 0 Å². The summed E-state index contributed by atoms with van der Waals surface area (Å²) in [4.78, 5) is 12.0. The first-order chi connectivity index (χ1) is 10.0. The van der Waals surface area contributed by atoms with Crippen molar-refractivity contribution in [2.45, 2.75) is 38.0 Å². The molecule has 0 spiro atoms. The molecule has 1 amide bonds. The van der Waals surface area contributed by atoms with E-state index < -0.39 is 0 Å². The number of nitrogens with zero attached hydrogens (tertiary/aromatic N) is 1. The van der Waals surface area contributed by atoms with Crippen molar-refractivity contribution >= 4 is 27.7 Å². The van der Waals surface area contributed by atoms with E-state index in [0.29, 0.717) is 12.2 Å². The second-order valence-corrected chi connectivity index (χ2v) is 6.76. The molecule has 1 aromatic heterocycles. The molecule has 5 heteroatoms. The van der Waals surface area contributed by atoms with Crippen molar-refractivity contribution in [1.29, 1.82) is 0 Å². The van der Waals surface area contributed by atoms with Crippen LogP contribution in [0.1, 0.15) is 37.5 Å². The standard InChI is InChI=1S/C16H17BrN2O2/c1-16(7-2-8-16)13-10-14(19-21-13)18-15(20)9-11-3-5-12(17)6-4-11/h3-6,10H,2,7-9H2,1H3,(H,18,19,20). The monoisotopic (exact) mass is 348 g/mol. The molecule has 0 bridgehead atoms. The van der Waals surface area contributed by atoms with Crippen molar-refractivity contribution in [3.63, 3.8) is 0 Å². The summed E-state index contributed by atoms with van der Waals surface area (Å²) < 4.78 is 6.37. The lowest BCUT2D eigenvalue weighted by molar-refractivity contribution is -0.115. The van der Waals surface area contributed by atoms with Gasteiger partial charge in [0, 0.05) is 16.0 Å². The third kappa shape index (κ3) is 3.18. The molecule has 1 N–H and O–H groups in total. The molecule has 1 saturated carbocycles. The molecule has 110 valence electrons. The highest BCUT2D eigenvalue weighted by molar-refractivity contribution is 9.10. The Morgan fingerprint density at radius 2 is 2.10 bits per heavy atom. The summed E-state index contributed by atoms with van der Waals surface area (Å²) in [5.41, 5.74) is 1.06. The largest absolute Gasteiger partial charge is 0.359 e. The van der Waals surface area contributed by atoms with Gasteiger partial charge < -0.3 is 9.84 Å². The molecule has 1 aromatic carbocycles. The first kappa shape index (κ1) is 14.3. The number of hydrogen-bond acceptors (Lipinski definition) is 3. The number of rotatable bonds is 4. The SMILES string of the molecule is CC1(c2cc(NC(=O)Cc3ccc(Br)cc3)no2)CCC1. The number of halogens is 1. The third-order valence-corrected chi connectivity index (χ3v) is 4.64. The molecule has 0 unspecified atom stereocenters. The summed E-state index contributed by atoms with van der Waals surface area (Å²) in [6.45, 7) is 2.17. The lowest BCUT2D eigenvalue weighted by Crippen LogP contribution is -2.29. The molecular formula is C16H17BrN2O2. The van der Waals surface area contributed by atoms with Gasteiger partial charge in [-0.3, -0.25) is 4.79 Å². The fourth-order valence-electron chi connectivity index (χ4n) is 2.55. The Labute approximate surface area is 132 Å². The number of carbonyl (C=O) groups is 1. The minimum atomic E-state index is -0.0871. The number of amides is 1. The van der Waals surface area contributed by atoms with Gasteiger partial charge in [-0.05, 0) is 30.5 Å². The number of benzene rings is 1. The topological polar surface area (TPSA) is 55.1 Å². The maximum absolute atomic E-state index is 12.0. The summed E-state index contributed by atoms with van der Waals surface area (Å²) in [5, 5.41) is 6.74. The van der Waals surface area contributed by atoms with E-state index >= 15 is 0 Å². The fourth-order valence-corrected chi connectivity index (χ4v) is 2.81. The minimum absolute atomic E-state index is 0.0871. The summed E-state index contributed by atoms with van der Waals surface area (Å²) in [6, 6.07) is 9.54. The van der Waals surface area contributed by atoms with Crippen LogP contribution < -0.4 is 5.32 Å². The molecule has 0 saturated heterocycles. The summed E-state index contributed by atoms with van der Waals surface area (Å²) in [5.74, 6) is 1.28. The van der Waals surface area contributed by atoms with E-state index in [4.69, 9.17) is 4.52 Å². The summed E-state index contributed by atoms with van der Waals surface area (Å²) in [6.07, 6.45) is 3.79. The normalized spacial score (nSPS) is 16.3. The predicted molar refractivity (Wildman–Crippen MR) is 84.2 cm³/mol. The fraction of sp³-hybridized carbons (Fsp3) is 0.375. The van der Waals surface area contributed by atoms with E-state index in [1.165, 1.54) is 6.42 Å². The lowest BCUT2D eigenvalue weighted by Gasteiger charge is -2.35. The molecular weight excluding hydrogens is 332 g/mol. The number of anilines is 1. The van der Waals surface area contributed by atoms with Gasteiger partial charge in [-0.15, -0.1) is 0 Å². The lowest BCUT2D eigenvalue weighted by atomic mass is 9.69. The van der Waals surface area contributed by atoms with Gasteiger partial charge in [-0.1, -0.05) is 46.6 Å².